The van der Waals surface area contributed by atoms with E-state index in [4.69, 9.17) is 82.5 Å². The number of oxazole rings is 4. The molecule has 22 aromatic carbocycles. The maximum absolute atomic E-state index is 6.36. The Balaban J connectivity index is 0.0000000995. The smallest absolute Gasteiger partial charge is 0.227 e. The molecular weight excluding hydrogens is 1840 g/mol. The van der Waals surface area contributed by atoms with E-state index in [0.29, 0.717) is 58.5 Å². The van der Waals surface area contributed by atoms with Gasteiger partial charge in [0.05, 0.1) is 33.6 Å². The third-order valence-electron chi connectivity index (χ3n) is 27.2. The Kier molecular flexibility index (Phi) is 22.5. The summed E-state index contributed by atoms with van der Waals surface area (Å²) in [6.45, 7) is 0. The highest BCUT2D eigenvalue weighted by Crippen LogP contribution is 2.43. The zero-order valence-corrected chi connectivity index (χ0v) is 80.2. The van der Waals surface area contributed by atoms with Crippen molar-refractivity contribution in [1.29, 1.82) is 0 Å². The van der Waals surface area contributed by atoms with E-state index in [2.05, 4.69) is 231 Å². The zero-order chi connectivity index (χ0) is 99.3. The van der Waals surface area contributed by atoms with Gasteiger partial charge in [-0.1, -0.05) is 352 Å². The van der Waals surface area contributed by atoms with Crippen LogP contribution in [0.5, 0.6) is 0 Å². The molecule has 0 fully saturated rings. The van der Waals surface area contributed by atoms with Crippen LogP contribution >= 0.6 is 0 Å². The lowest BCUT2D eigenvalue weighted by Gasteiger charge is -2.11. The van der Waals surface area contributed by atoms with Crippen molar-refractivity contribution in [2.24, 2.45) is 0 Å². The van der Waals surface area contributed by atoms with Crippen molar-refractivity contribution in [2.75, 3.05) is 0 Å². The monoisotopic (exact) mass is 1920 g/mol. The Morgan fingerprint density at radius 2 is 0.353 bits per heavy atom. The quantitative estimate of drug-likeness (QED) is 0.105. The second-order valence-electron chi connectivity index (χ2n) is 36.8. The number of rotatable bonds is 13. The Morgan fingerprint density at radius 1 is 0.120 bits per heavy atom. The molecule has 0 atom stereocenters. The van der Waals surface area contributed by atoms with E-state index in [1.807, 2.05) is 261 Å². The lowest BCUT2D eigenvalue weighted by molar-refractivity contribution is 0.622. The summed E-state index contributed by atoms with van der Waals surface area (Å²) in [4.78, 5) is 63.8. The highest BCUT2D eigenvalue weighted by molar-refractivity contribution is 6.10. The van der Waals surface area contributed by atoms with Gasteiger partial charge < -0.3 is 17.7 Å². The summed E-state index contributed by atoms with van der Waals surface area (Å²) in [5.41, 5.74) is 24.2. The topological polar surface area (TPSA) is 220 Å². The van der Waals surface area contributed by atoms with Crippen molar-refractivity contribution in [2.45, 2.75) is 0 Å². The molecule has 0 unspecified atom stereocenters. The van der Waals surface area contributed by atoms with Crippen LogP contribution in [0.3, 0.4) is 0 Å². The van der Waals surface area contributed by atoms with Gasteiger partial charge in [0.25, 0.3) is 0 Å². The van der Waals surface area contributed by atoms with Gasteiger partial charge >= 0.3 is 0 Å². The predicted molar refractivity (Wildman–Crippen MR) is 604 cm³/mol. The lowest BCUT2D eigenvalue weighted by Crippen LogP contribution is -2.00. The molecule has 0 aliphatic rings. The average molecular weight is 1930 g/mol. The highest BCUT2D eigenvalue weighted by Gasteiger charge is 2.24. The maximum Gasteiger partial charge on any atom is 0.227 e. The molecule has 30 rings (SSSR count). The number of aromatic nitrogens is 13. The first kappa shape index (κ1) is 88.3. The molecule has 0 N–H and O–H groups in total. The van der Waals surface area contributed by atoms with E-state index in [1.54, 1.807) is 0 Å². The maximum atomic E-state index is 6.36. The fourth-order valence-corrected chi connectivity index (χ4v) is 19.5. The van der Waals surface area contributed by atoms with Crippen LogP contribution in [0.1, 0.15) is 0 Å². The molecule has 0 saturated heterocycles. The Morgan fingerprint density at radius 3 is 0.700 bits per heavy atom. The van der Waals surface area contributed by atoms with Gasteiger partial charge in [0.2, 0.25) is 23.6 Å². The first-order valence-corrected chi connectivity index (χ1v) is 49.5. The number of hydrogen-bond donors (Lipinski definition) is 0. The number of pyridine rings is 1. The highest BCUT2D eigenvalue weighted by atomic mass is 16.4. The van der Waals surface area contributed by atoms with E-state index in [-0.39, 0.29) is 0 Å². The molecule has 150 heavy (non-hydrogen) atoms. The largest absolute Gasteiger partial charge is 0.435 e. The summed E-state index contributed by atoms with van der Waals surface area (Å²) in [6.07, 6.45) is 0. The Hall–Kier alpha value is -20.7. The van der Waals surface area contributed by atoms with Crippen LogP contribution in [0.25, 0.3) is 290 Å². The van der Waals surface area contributed by atoms with Crippen molar-refractivity contribution < 1.29 is 17.7 Å². The normalized spacial score (nSPS) is 11.5. The molecule has 702 valence electrons. The van der Waals surface area contributed by atoms with Crippen molar-refractivity contribution in [3.63, 3.8) is 0 Å². The number of fused-ring (bicyclic) bond motifs is 17. The Bertz CT molecular complexity index is 10400. The van der Waals surface area contributed by atoms with Gasteiger partial charge in [0.15, 0.2) is 57.3 Å². The SMILES string of the molecule is c1ccc(-c2nc(-c3ccc4ccccc4c3)nc(-c3ccc4ccc5nc(-c6ccccc6)oc5c4c3)n2)cc1.c1ccc(-c2nc3ccc4ccc(-c5ccc6ccccc6n5)cc4c3o2)cc1.c1ccc(-c2nc3ccc4ccc(-c5nc(-c6ccc7ccccc7c6)nc(-c6ccc7ccccc7c6)n5)cc4c3o2)cc1.c1ccc(-c2nc3ccc4ccc(-c5nc6ccccc6nc5-c5ccccc5)cc4c3o2)cc1. The van der Waals surface area contributed by atoms with Gasteiger partial charge in [-0.3, -0.25) is 0 Å². The minimum Gasteiger partial charge on any atom is -0.435 e. The van der Waals surface area contributed by atoms with Crippen LogP contribution < -0.4 is 0 Å². The molecule has 17 nitrogen and oxygen atoms in total. The summed E-state index contributed by atoms with van der Waals surface area (Å²) in [7, 11) is 0. The van der Waals surface area contributed by atoms with Crippen LogP contribution in [-0.4, -0.2) is 64.8 Å². The molecule has 0 amide bonds. The molecule has 30 aromatic rings. The van der Waals surface area contributed by atoms with Crippen LogP contribution in [0.4, 0.5) is 0 Å². The lowest BCUT2D eigenvalue weighted by atomic mass is 10.00. The summed E-state index contributed by atoms with van der Waals surface area (Å²) >= 11 is 0. The first-order valence-electron chi connectivity index (χ1n) is 49.5. The Labute approximate surface area is 857 Å². The molecular formula is C133H81N13O4. The van der Waals surface area contributed by atoms with Crippen molar-refractivity contribution in [1.82, 2.24) is 64.8 Å². The molecule has 8 heterocycles. The summed E-state index contributed by atoms with van der Waals surface area (Å²) < 4.78 is 25.2. The second kappa shape index (κ2) is 38.2. The van der Waals surface area contributed by atoms with E-state index in [9.17, 15) is 0 Å². The molecule has 0 spiro atoms. The standard InChI is InChI=1S/C40H24N4O.C36H22N4O.C31H19N3O.C26H16N2O/c1-2-10-28(11-3-1)40-41-35-21-20-27-16-19-33(24-34(27)36(35)45-40)39-43-37(31-17-14-25-8-4-6-12-29(25)22-31)42-38(44-39)32-18-15-26-9-5-7-13-30(26)23-32;1-3-10-25(11-4-1)33-38-34(28-17-15-23-9-7-8-14-27(23)21-28)40-35(39-33)29-18-16-24-19-20-31-32(30(24)22-29)41-36(37-31)26-12-5-2-6-13-26;1-3-9-21(10-4-1)28-29(33-26-14-8-7-13-25(26)32-28)23-16-15-20-17-18-27-30(24(20)19-23)35-31(34-27)22-11-5-2-6-12-22;1-2-7-19(8-3-1)26-28-24-15-12-17-10-11-20(16-21(17)25(24)29-26)23-14-13-18-6-4-5-9-22(18)27-23/h1-24H;1-22H;1-19H;1-16H. The van der Waals surface area contributed by atoms with Crippen molar-refractivity contribution >= 4 is 142 Å². The third kappa shape index (κ3) is 17.3. The summed E-state index contributed by atoms with van der Waals surface area (Å²) in [5.74, 6) is 6.16. The molecule has 0 aliphatic carbocycles. The predicted octanol–water partition coefficient (Wildman–Crippen LogP) is 33.9. The van der Waals surface area contributed by atoms with Crippen LogP contribution in [-0.2, 0) is 0 Å². The van der Waals surface area contributed by atoms with Gasteiger partial charge in [-0.2, -0.15) is 0 Å². The number of hydrogen-bond acceptors (Lipinski definition) is 17. The number of nitrogens with zero attached hydrogens (tertiary/aromatic N) is 13. The minimum atomic E-state index is 0.595. The van der Waals surface area contributed by atoms with Crippen LogP contribution in [0, 0.1) is 0 Å². The van der Waals surface area contributed by atoms with Crippen LogP contribution in [0.2, 0.25) is 0 Å². The van der Waals surface area contributed by atoms with Gasteiger partial charge in [-0.25, -0.2) is 64.8 Å². The zero-order valence-electron chi connectivity index (χ0n) is 80.2. The number of benzene rings is 22. The molecule has 0 bridgehead atoms. The summed E-state index contributed by atoms with van der Waals surface area (Å²) in [5, 5.41) is 16.4. The van der Waals surface area contributed by atoms with E-state index in [1.165, 1.54) is 16.2 Å². The molecule has 17 heteroatoms. The second-order valence-corrected chi connectivity index (χ2v) is 36.8. The average Bonchev–Trinajstić information content (AvgIpc) is 1.33. The minimum absolute atomic E-state index is 0.595. The molecule has 0 aliphatic heterocycles. The van der Waals surface area contributed by atoms with Crippen LogP contribution in [0.15, 0.2) is 509 Å². The molecule has 0 radical (unpaired) electrons. The van der Waals surface area contributed by atoms with Gasteiger partial charge in [-0.05, 0) is 193 Å². The summed E-state index contributed by atoms with van der Waals surface area (Å²) in [6, 6.07) is 166. The van der Waals surface area contributed by atoms with Gasteiger partial charge in [-0.15, -0.1) is 0 Å². The molecule has 0 saturated carbocycles. The van der Waals surface area contributed by atoms with Crippen molar-refractivity contribution in [3.05, 3.63) is 491 Å². The van der Waals surface area contributed by atoms with Crippen molar-refractivity contribution in [3.8, 4) is 148 Å². The van der Waals surface area contributed by atoms with E-state index < -0.39 is 0 Å². The van der Waals surface area contributed by atoms with E-state index >= 15 is 0 Å². The van der Waals surface area contributed by atoms with E-state index in [0.717, 1.165) is 215 Å². The number of para-hydroxylation sites is 3. The van der Waals surface area contributed by atoms with Gasteiger partial charge in [0, 0.05) is 99.3 Å². The first-order chi connectivity index (χ1) is 74.2. The fraction of sp³-hybridized carbons (Fsp3) is 0. The fourth-order valence-electron chi connectivity index (χ4n) is 19.5. The van der Waals surface area contributed by atoms with Gasteiger partial charge in [0.1, 0.15) is 22.1 Å². The third-order valence-corrected chi connectivity index (χ3v) is 27.2. The molecule has 8 aromatic heterocycles.